The van der Waals surface area contributed by atoms with Crippen LogP contribution in [0.5, 0.6) is 0 Å². The molecule has 0 spiro atoms. The Kier molecular flexibility index (Phi) is 5.89. The molecule has 1 unspecified atom stereocenters. The van der Waals surface area contributed by atoms with Gasteiger partial charge < -0.3 is 15.8 Å². The zero-order valence-electron chi connectivity index (χ0n) is 14.6. The van der Waals surface area contributed by atoms with Crippen molar-refractivity contribution in [2.75, 3.05) is 31.7 Å². The van der Waals surface area contributed by atoms with Gasteiger partial charge in [-0.2, -0.15) is 0 Å². The molecule has 2 aromatic rings. The predicted octanol–water partition coefficient (Wildman–Crippen LogP) is -0.001000. The average molecular weight is 365 g/mol. The zero-order valence-corrected chi connectivity index (χ0v) is 14.6. The first-order valence-electron chi connectivity index (χ1n) is 8.42. The van der Waals surface area contributed by atoms with Crippen molar-refractivity contribution < 1.29 is 19.2 Å². The Morgan fingerprint density at radius 3 is 3.04 bits per heavy atom. The highest BCUT2D eigenvalue weighted by Crippen LogP contribution is 2.26. The molecule has 0 aliphatic carbocycles. The summed E-state index contributed by atoms with van der Waals surface area (Å²) in [6.07, 6.45) is 0.330. The maximum atomic E-state index is 12.7. The van der Waals surface area contributed by atoms with Crippen LogP contribution >= 0.6 is 0 Å². The molecule has 10 nitrogen and oxygen atoms in total. The van der Waals surface area contributed by atoms with E-state index >= 15 is 0 Å². The van der Waals surface area contributed by atoms with Crippen LogP contribution in [0.4, 0.5) is 5.69 Å². The molecule has 0 radical (unpaired) electrons. The van der Waals surface area contributed by atoms with Gasteiger partial charge in [-0.1, -0.05) is 11.7 Å². The molecule has 1 aromatic heterocycles. The Morgan fingerprint density at radius 1 is 1.46 bits per heavy atom. The number of imidazole rings is 1. The van der Waals surface area contributed by atoms with Gasteiger partial charge in [-0.3, -0.25) is 23.6 Å². The lowest BCUT2D eigenvalue weighted by atomic mass is 10.2. The van der Waals surface area contributed by atoms with Gasteiger partial charge >= 0.3 is 5.69 Å². The number of nitrogens with zero attached hydrogens (tertiary/aromatic N) is 2. The second kappa shape index (κ2) is 8.32. The number of amides is 1. The van der Waals surface area contributed by atoms with Crippen LogP contribution in [0.1, 0.15) is 19.1 Å². The van der Waals surface area contributed by atoms with Crippen LogP contribution in [0.2, 0.25) is 0 Å². The summed E-state index contributed by atoms with van der Waals surface area (Å²) in [5, 5.41) is 3.26. The summed E-state index contributed by atoms with van der Waals surface area (Å²) in [4.78, 5) is 33.7. The summed E-state index contributed by atoms with van der Waals surface area (Å²) in [5.74, 6) is -0.385. The average Bonchev–Trinajstić information content (AvgIpc) is 2.90. The first-order valence-corrected chi connectivity index (χ1v) is 8.42. The van der Waals surface area contributed by atoms with Crippen LogP contribution < -0.4 is 22.4 Å². The molecule has 1 aromatic carbocycles. The third-order valence-electron chi connectivity index (χ3n) is 4.16. The molecule has 1 atom stereocenters. The van der Waals surface area contributed by atoms with Crippen molar-refractivity contribution >= 4 is 22.6 Å². The van der Waals surface area contributed by atoms with E-state index in [1.807, 2.05) is 18.2 Å². The van der Waals surface area contributed by atoms with Gasteiger partial charge in [0.15, 0.2) is 6.23 Å². The quantitative estimate of drug-likeness (QED) is 0.563. The molecular formula is C16H23N5O5. The first kappa shape index (κ1) is 18.4. The number of nitrogens with two attached hydrogens (primary N) is 1. The van der Waals surface area contributed by atoms with Crippen molar-refractivity contribution in [3.8, 4) is 0 Å². The van der Waals surface area contributed by atoms with E-state index in [4.69, 9.17) is 20.1 Å². The molecule has 0 saturated carbocycles. The van der Waals surface area contributed by atoms with E-state index < -0.39 is 6.23 Å². The van der Waals surface area contributed by atoms with E-state index in [0.29, 0.717) is 32.8 Å². The van der Waals surface area contributed by atoms with Gasteiger partial charge in [0.25, 0.3) is 0 Å². The number of aryl methyl sites for hydroxylation is 1. The van der Waals surface area contributed by atoms with Crippen LogP contribution in [0, 0.1) is 0 Å². The summed E-state index contributed by atoms with van der Waals surface area (Å²) in [5.41, 5.74) is 9.64. The Morgan fingerprint density at radius 2 is 2.31 bits per heavy atom. The number of hydrogen-bond acceptors (Lipinski definition) is 7. The number of nitrogens with one attached hydrogen (secondary N) is 2. The lowest BCUT2D eigenvalue weighted by Gasteiger charge is -2.23. The van der Waals surface area contributed by atoms with Gasteiger partial charge in [0, 0.05) is 26.4 Å². The number of primary amides is 1. The molecule has 10 heteroatoms. The number of para-hydroxylation sites is 1. The third kappa shape index (κ3) is 3.88. The SMILES string of the molecule is Cn1c(=O)n(C2CCONO2)c2cccc(NCCOCCC(N)=O)c21. The minimum absolute atomic E-state index is 0.166. The van der Waals surface area contributed by atoms with Crippen molar-refractivity contribution in [2.45, 2.75) is 19.1 Å². The summed E-state index contributed by atoms with van der Waals surface area (Å²) >= 11 is 0. The van der Waals surface area contributed by atoms with Crippen molar-refractivity contribution in [2.24, 2.45) is 12.8 Å². The van der Waals surface area contributed by atoms with Crippen LogP contribution in [-0.4, -0.2) is 41.4 Å². The van der Waals surface area contributed by atoms with Gasteiger partial charge in [0.2, 0.25) is 5.91 Å². The summed E-state index contributed by atoms with van der Waals surface area (Å²) in [7, 11) is 1.72. The minimum atomic E-state index is -0.438. The Labute approximate surface area is 149 Å². The third-order valence-corrected chi connectivity index (χ3v) is 4.16. The highest BCUT2D eigenvalue weighted by molar-refractivity contribution is 5.89. The van der Waals surface area contributed by atoms with Crippen molar-refractivity contribution in [3.05, 3.63) is 28.7 Å². The van der Waals surface area contributed by atoms with E-state index in [1.54, 1.807) is 16.2 Å². The highest BCUT2D eigenvalue weighted by Gasteiger charge is 2.23. The molecule has 3 rings (SSSR count). The van der Waals surface area contributed by atoms with E-state index in [9.17, 15) is 9.59 Å². The van der Waals surface area contributed by atoms with Crippen molar-refractivity contribution in [3.63, 3.8) is 0 Å². The van der Waals surface area contributed by atoms with Gasteiger partial charge in [0.05, 0.1) is 36.5 Å². The van der Waals surface area contributed by atoms with Crippen LogP contribution in [-0.2, 0) is 26.3 Å². The fraction of sp³-hybridized carbons (Fsp3) is 0.500. The first-order chi connectivity index (χ1) is 12.6. The zero-order chi connectivity index (χ0) is 18.5. The van der Waals surface area contributed by atoms with Crippen LogP contribution in [0.15, 0.2) is 23.0 Å². The number of benzene rings is 1. The number of rotatable bonds is 8. The normalized spacial score (nSPS) is 17.5. The highest BCUT2D eigenvalue weighted by atomic mass is 16.9. The predicted molar refractivity (Wildman–Crippen MR) is 94.1 cm³/mol. The monoisotopic (exact) mass is 365 g/mol. The molecule has 1 aliphatic heterocycles. The van der Waals surface area contributed by atoms with Gasteiger partial charge in [0.1, 0.15) is 0 Å². The van der Waals surface area contributed by atoms with Crippen molar-refractivity contribution in [1.82, 2.24) is 14.8 Å². The standard InChI is InChI=1S/C16H23N5O5/c1-20-15-11(18-7-10-24-8-5-13(17)22)3-2-4-12(15)21(16(20)23)14-6-9-25-19-26-14/h2-4,14,18-19H,5-10H2,1H3,(H2,17,22). The molecule has 1 aliphatic rings. The second-order valence-corrected chi connectivity index (χ2v) is 5.93. The maximum absolute atomic E-state index is 12.7. The lowest BCUT2D eigenvalue weighted by molar-refractivity contribution is -0.259. The second-order valence-electron chi connectivity index (χ2n) is 5.93. The number of fused-ring (bicyclic) bond motifs is 1. The molecule has 1 fully saturated rings. The van der Waals surface area contributed by atoms with Gasteiger partial charge in [-0.15, -0.1) is 0 Å². The maximum Gasteiger partial charge on any atom is 0.331 e. The van der Waals surface area contributed by atoms with E-state index in [1.165, 1.54) is 0 Å². The molecule has 26 heavy (non-hydrogen) atoms. The molecule has 142 valence electrons. The number of carbonyl (C=O) groups is 1. The molecule has 1 amide bonds. The van der Waals surface area contributed by atoms with E-state index in [-0.39, 0.29) is 18.0 Å². The number of anilines is 1. The van der Waals surface area contributed by atoms with E-state index in [0.717, 1.165) is 16.7 Å². The molecule has 2 heterocycles. The summed E-state index contributed by atoms with van der Waals surface area (Å²) in [6, 6.07) is 5.66. The fourth-order valence-corrected chi connectivity index (χ4v) is 2.92. The molecule has 1 saturated heterocycles. The Bertz CT molecular complexity index is 824. The number of hydrogen-bond donors (Lipinski definition) is 3. The summed E-state index contributed by atoms with van der Waals surface area (Å²) in [6.45, 7) is 1.70. The molecule has 4 N–H and O–H groups in total. The smallest absolute Gasteiger partial charge is 0.331 e. The Balaban J connectivity index is 1.75. The summed E-state index contributed by atoms with van der Waals surface area (Å²) < 4.78 is 8.55. The molecular weight excluding hydrogens is 342 g/mol. The fourth-order valence-electron chi connectivity index (χ4n) is 2.92. The number of ether oxygens (including phenoxy) is 1. The number of aromatic nitrogens is 2. The minimum Gasteiger partial charge on any atom is -0.381 e. The van der Waals surface area contributed by atoms with E-state index in [2.05, 4.69) is 11.0 Å². The lowest BCUT2D eigenvalue weighted by Crippen LogP contribution is -2.35. The van der Waals surface area contributed by atoms with Gasteiger partial charge in [-0.25, -0.2) is 4.79 Å². The number of carbonyl (C=O) groups excluding carboxylic acids is 1. The largest absolute Gasteiger partial charge is 0.381 e. The van der Waals surface area contributed by atoms with Crippen molar-refractivity contribution in [1.29, 1.82) is 0 Å². The Hall–Kier alpha value is -2.40. The van der Waals surface area contributed by atoms with Crippen LogP contribution in [0.3, 0.4) is 0 Å². The van der Waals surface area contributed by atoms with Gasteiger partial charge in [-0.05, 0) is 12.1 Å². The van der Waals surface area contributed by atoms with Crippen LogP contribution in [0.25, 0.3) is 11.0 Å². The molecule has 0 bridgehead atoms. The topological polar surface area (TPSA) is 122 Å².